The van der Waals surface area contributed by atoms with E-state index in [2.05, 4.69) is 15.5 Å². The maximum Gasteiger partial charge on any atom is 0.283 e. The van der Waals surface area contributed by atoms with Crippen molar-refractivity contribution in [2.45, 2.75) is 18.8 Å². The molecule has 2 heterocycles. The molecule has 0 spiro atoms. The fourth-order valence-electron chi connectivity index (χ4n) is 2.46. The van der Waals surface area contributed by atoms with Gasteiger partial charge in [0.2, 0.25) is 0 Å². The van der Waals surface area contributed by atoms with Crippen LogP contribution < -0.4 is 5.32 Å². The Balaban J connectivity index is 1.98. The summed E-state index contributed by atoms with van der Waals surface area (Å²) in [5.74, 6) is 0.895. The van der Waals surface area contributed by atoms with Crippen molar-refractivity contribution >= 4 is 17.3 Å². The molecule has 1 N–H and O–H groups in total. The molecule has 0 atom stereocenters. The quantitative estimate of drug-likeness (QED) is 0.692. The lowest BCUT2D eigenvalue weighted by Gasteiger charge is -2.18. The van der Waals surface area contributed by atoms with E-state index in [0.717, 1.165) is 25.9 Å². The second-order valence-corrected chi connectivity index (χ2v) is 5.28. The fourth-order valence-corrected chi connectivity index (χ4v) is 2.71. The number of piperidine rings is 1. The molecule has 0 radical (unpaired) electrons. The number of nitrogens with one attached hydrogen (secondary N) is 1. The largest absolute Gasteiger partial charge is 0.334 e. The van der Waals surface area contributed by atoms with E-state index in [1.54, 1.807) is 6.07 Å². The van der Waals surface area contributed by atoms with E-state index in [0.29, 0.717) is 5.82 Å². The first-order valence-electron chi connectivity index (χ1n) is 6.64. The summed E-state index contributed by atoms with van der Waals surface area (Å²) >= 11 is 6.06. The molecule has 0 bridgehead atoms. The maximum absolute atomic E-state index is 11.1. The molecule has 3 rings (SSSR count). The van der Waals surface area contributed by atoms with Gasteiger partial charge in [-0.2, -0.15) is 4.98 Å². The number of nitro benzene ring substituents is 1. The van der Waals surface area contributed by atoms with Gasteiger partial charge in [0.05, 0.1) is 9.95 Å². The summed E-state index contributed by atoms with van der Waals surface area (Å²) in [6, 6.07) is 4.46. The molecule has 21 heavy (non-hydrogen) atoms. The van der Waals surface area contributed by atoms with Crippen LogP contribution in [-0.4, -0.2) is 28.2 Å². The molecule has 0 saturated carbocycles. The second-order valence-electron chi connectivity index (χ2n) is 4.87. The smallest absolute Gasteiger partial charge is 0.283 e. The summed E-state index contributed by atoms with van der Waals surface area (Å²) in [6.45, 7) is 1.81. The highest BCUT2D eigenvalue weighted by molar-refractivity contribution is 6.33. The first kappa shape index (κ1) is 14.0. The van der Waals surface area contributed by atoms with Gasteiger partial charge in [0, 0.05) is 12.0 Å². The van der Waals surface area contributed by atoms with Crippen LogP contribution in [0.1, 0.15) is 24.6 Å². The summed E-state index contributed by atoms with van der Waals surface area (Å²) in [4.78, 5) is 14.9. The summed E-state index contributed by atoms with van der Waals surface area (Å²) in [7, 11) is 0. The molecule has 0 amide bonds. The predicted octanol–water partition coefficient (Wildman–Crippen LogP) is 2.77. The van der Waals surface area contributed by atoms with Crippen molar-refractivity contribution in [3.8, 4) is 11.5 Å². The van der Waals surface area contributed by atoms with Gasteiger partial charge in [0.25, 0.3) is 11.6 Å². The minimum Gasteiger partial charge on any atom is -0.334 e. The van der Waals surface area contributed by atoms with Gasteiger partial charge in [-0.3, -0.25) is 10.1 Å². The number of benzene rings is 1. The number of rotatable bonds is 3. The van der Waals surface area contributed by atoms with Crippen LogP contribution >= 0.6 is 11.6 Å². The van der Waals surface area contributed by atoms with Crippen molar-refractivity contribution in [1.29, 1.82) is 0 Å². The van der Waals surface area contributed by atoms with E-state index >= 15 is 0 Å². The molecule has 1 saturated heterocycles. The molecule has 0 aliphatic carbocycles. The number of aromatic nitrogens is 2. The molecule has 1 aliphatic rings. The van der Waals surface area contributed by atoms with Gasteiger partial charge in [-0.1, -0.05) is 22.8 Å². The minimum absolute atomic E-state index is 0.0980. The third-order valence-electron chi connectivity index (χ3n) is 3.55. The average molecular weight is 309 g/mol. The molecular weight excluding hydrogens is 296 g/mol. The first-order valence-corrected chi connectivity index (χ1v) is 7.02. The molecule has 1 aliphatic heterocycles. The highest BCUT2D eigenvalue weighted by Gasteiger charge is 2.26. The Hall–Kier alpha value is -1.99. The number of nitro groups is 1. The van der Waals surface area contributed by atoms with Gasteiger partial charge in [-0.15, -0.1) is 0 Å². The Morgan fingerprint density at radius 3 is 2.86 bits per heavy atom. The monoisotopic (exact) mass is 308 g/mol. The topological polar surface area (TPSA) is 94.1 Å². The van der Waals surface area contributed by atoms with Crippen molar-refractivity contribution in [2.75, 3.05) is 13.1 Å². The zero-order valence-electron chi connectivity index (χ0n) is 11.1. The van der Waals surface area contributed by atoms with E-state index in [1.807, 2.05) is 0 Å². The van der Waals surface area contributed by atoms with Gasteiger partial charge in [0.15, 0.2) is 5.82 Å². The molecule has 1 fully saturated rings. The normalized spacial score (nSPS) is 16.0. The van der Waals surface area contributed by atoms with Crippen LogP contribution in [0.4, 0.5) is 5.69 Å². The second kappa shape index (κ2) is 5.79. The van der Waals surface area contributed by atoms with E-state index in [-0.39, 0.29) is 28.1 Å². The lowest BCUT2D eigenvalue weighted by molar-refractivity contribution is -0.384. The van der Waals surface area contributed by atoms with Crippen LogP contribution in [-0.2, 0) is 0 Å². The lowest BCUT2D eigenvalue weighted by atomic mass is 9.98. The molecule has 1 aromatic carbocycles. The summed E-state index contributed by atoms with van der Waals surface area (Å²) < 4.78 is 5.21. The summed E-state index contributed by atoms with van der Waals surface area (Å²) in [6.07, 6.45) is 1.84. The van der Waals surface area contributed by atoms with Crippen LogP contribution in [0, 0.1) is 10.1 Å². The summed E-state index contributed by atoms with van der Waals surface area (Å²) in [5.41, 5.74) is 0.0415. The van der Waals surface area contributed by atoms with Gasteiger partial charge in [0.1, 0.15) is 5.56 Å². The average Bonchev–Trinajstić information content (AvgIpc) is 2.97. The van der Waals surface area contributed by atoms with E-state index < -0.39 is 4.92 Å². The van der Waals surface area contributed by atoms with Crippen molar-refractivity contribution in [2.24, 2.45) is 0 Å². The van der Waals surface area contributed by atoms with Gasteiger partial charge >= 0.3 is 0 Å². The maximum atomic E-state index is 11.1. The number of nitrogens with zero attached hydrogens (tertiary/aromatic N) is 3. The Kier molecular flexibility index (Phi) is 3.85. The Bertz CT molecular complexity index is 667. The number of hydrogen-bond donors (Lipinski definition) is 1. The van der Waals surface area contributed by atoms with E-state index in [4.69, 9.17) is 16.1 Å². The van der Waals surface area contributed by atoms with Crippen LogP contribution in [0.15, 0.2) is 22.7 Å². The zero-order chi connectivity index (χ0) is 14.8. The Morgan fingerprint density at radius 1 is 1.38 bits per heavy atom. The highest BCUT2D eigenvalue weighted by atomic mass is 35.5. The van der Waals surface area contributed by atoms with Crippen LogP contribution in [0.2, 0.25) is 5.02 Å². The van der Waals surface area contributed by atoms with Crippen molar-refractivity contribution < 1.29 is 9.45 Å². The van der Waals surface area contributed by atoms with E-state index in [1.165, 1.54) is 12.1 Å². The highest BCUT2D eigenvalue weighted by Crippen LogP contribution is 2.36. The van der Waals surface area contributed by atoms with Gasteiger partial charge in [-0.25, -0.2) is 0 Å². The Labute approximate surface area is 125 Å². The van der Waals surface area contributed by atoms with Crippen molar-refractivity contribution in [3.63, 3.8) is 0 Å². The van der Waals surface area contributed by atoms with E-state index in [9.17, 15) is 10.1 Å². The SMILES string of the molecule is O=[N+]([O-])c1cccc(Cl)c1-c1nc(C2CCNCC2)no1. The first-order chi connectivity index (χ1) is 10.2. The van der Waals surface area contributed by atoms with Gasteiger partial charge < -0.3 is 9.84 Å². The van der Waals surface area contributed by atoms with Crippen LogP contribution in [0.25, 0.3) is 11.5 Å². The third-order valence-corrected chi connectivity index (χ3v) is 3.86. The minimum atomic E-state index is -0.504. The molecule has 1 aromatic heterocycles. The summed E-state index contributed by atoms with van der Waals surface area (Å²) in [5, 5.41) is 18.6. The number of halogens is 1. The lowest BCUT2D eigenvalue weighted by Crippen LogP contribution is -2.27. The molecule has 7 nitrogen and oxygen atoms in total. The van der Waals surface area contributed by atoms with Gasteiger partial charge in [-0.05, 0) is 32.0 Å². The predicted molar refractivity (Wildman–Crippen MR) is 76.2 cm³/mol. The van der Waals surface area contributed by atoms with Crippen LogP contribution in [0.5, 0.6) is 0 Å². The molecule has 110 valence electrons. The van der Waals surface area contributed by atoms with Crippen molar-refractivity contribution in [1.82, 2.24) is 15.5 Å². The third kappa shape index (κ3) is 2.74. The standard InChI is InChI=1S/C13H13ClN4O3/c14-9-2-1-3-10(18(19)20)11(9)13-16-12(17-21-13)8-4-6-15-7-5-8/h1-3,8,15H,4-7H2. The van der Waals surface area contributed by atoms with Crippen LogP contribution in [0.3, 0.4) is 0 Å². The molecule has 2 aromatic rings. The number of hydrogen-bond acceptors (Lipinski definition) is 6. The molecular formula is C13H13ClN4O3. The fraction of sp³-hybridized carbons (Fsp3) is 0.385. The zero-order valence-corrected chi connectivity index (χ0v) is 11.8. The molecule has 8 heteroatoms. The Morgan fingerprint density at radius 2 is 2.14 bits per heavy atom. The van der Waals surface area contributed by atoms with Crippen molar-refractivity contribution in [3.05, 3.63) is 39.2 Å². The molecule has 0 unspecified atom stereocenters.